The van der Waals surface area contributed by atoms with Crippen LogP contribution in [0.25, 0.3) is 11.3 Å². The lowest BCUT2D eigenvalue weighted by Crippen LogP contribution is -2.48. The molecule has 1 aromatic heterocycles. The first-order valence-electron chi connectivity index (χ1n) is 4.96. The van der Waals surface area contributed by atoms with Crippen LogP contribution >= 0.6 is 0 Å². The molecule has 0 saturated carbocycles. The van der Waals surface area contributed by atoms with Gasteiger partial charge in [0.15, 0.2) is 5.76 Å². The highest BCUT2D eigenvalue weighted by Crippen LogP contribution is 2.50. The molecule has 0 saturated heterocycles. The van der Waals surface area contributed by atoms with Gasteiger partial charge in [-0.05, 0) is 12.1 Å². The third-order valence-corrected chi connectivity index (χ3v) is 2.71. The molecular formula is C11H6F3NO3. The molecule has 0 spiro atoms. The Morgan fingerprint density at radius 2 is 1.94 bits per heavy atom. The van der Waals surface area contributed by atoms with Gasteiger partial charge in [0.2, 0.25) is 0 Å². The van der Waals surface area contributed by atoms with Crippen molar-refractivity contribution < 1.29 is 27.5 Å². The van der Waals surface area contributed by atoms with E-state index in [1.165, 1.54) is 18.2 Å². The first-order valence-corrected chi connectivity index (χ1v) is 4.96. The highest BCUT2D eigenvalue weighted by atomic mass is 19.4. The summed E-state index contributed by atoms with van der Waals surface area (Å²) in [6.07, 6.45) is -4.19. The smallest absolute Gasteiger partial charge is 0.449 e. The monoisotopic (exact) mass is 257 g/mol. The fraction of sp³-hybridized carbons (Fsp3) is 0.182. The van der Waals surface area contributed by atoms with Crippen molar-refractivity contribution in [2.24, 2.45) is 0 Å². The van der Waals surface area contributed by atoms with Crippen molar-refractivity contribution in [3.8, 4) is 17.1 Å². The lowest BCUT2D eigenvalue weighted by molar-refractivity contribution is -0.345. The minimum absolute atomic E-state index is 0.110. The van der Waals surface area contributed by atoms with Crippen molar-refractivity contribution >= 4 is 0 Å². The number of ether oxygens (including phenoxy) is 1. The van der Waals surface area contributed by atoms with Crippen molar-refractivity contribution in [1.29, 1.82) is 0 Å². The first-order chi connectivity index (χ1) is 8.43. The lowest BCUT2D eigenvalue weighted by Gasteiger charge is -2.33. The molecule has 0 aliphatic carbocycles. The number of rotatable bonds is 0. The SMILES string of the molecule is OC1(C(F)(F)F)Oc2ccccc2-c2oncc21. The maximum atomic E-state index is 12.9. The van der Waals surface area contributed by atoms with Crippen molar-refractivity contribution in [2.75, 3.05) is 0 Å². The predicted octanol–water partition coefficient (Wildman–Crippen LogP) is 2.44. The molecule has 2 heterocycles. The van der Waals surface area contributed by atoms with Gasteiger partial charge in [-0.1, -0.05) is 17.3 Å². The molecule has 0 bridgehead atoms. The van der Waals surface area contributed by atoms with Gasteiger partial charge in [-0.3, -0.25) is 0 Å². The number of aromatic nitrogens is 1. The average molecular weight is 257 g/mol. The Labute approximate surface area is 98.6 Å². The summed E-state index contributed by atoms with van der Waals surface area (Å²) < 4.78 is 48.3. The molecule has 0 radical (unpaired) electrons. The van der Waals surface area contributed by atoms with Gasteiger partial charge in [0.1, 0.15) is 11.3 Å². The topological polar surface area (TPSA) is 55.5 Å². The van der Waals surface area contributed by atoms with E-state index < -0.39 is 17.5 Å². The van der Waals surface area contributed by atoms with Gasteiger partial charge < -0.3 is 14.4 Å². The standard InChI is InChI=1S/C11H6F3NO3/c12-11(13,14)10(16)7-5-15-18-9(7)6-3-1-2-4-8(6)17-10/h1-5,16H. The summed E-state index contributed by atoms with van der Waals surface area (Å²) >= 11 is 0. The van der Waals surface area contributed by atoms with Crippen LogP contribution in [0, 0.1) is 0 Å². The third-order valence-electron chi connectivity index (χ3n) is 2.71. The van der Waals surface area contributed by atoms with Crippen molar-refractivity contribution in [1.82, 2.24) is 5.16 Å². The molecule has 4 nitrogen and oxygen atoms in total. The van der Waals surface area contributed by atoms with Crippen LogP contribution in [0.1, 0.15) is 5.56 Å². The first kappa shape index (κ1) is 11.1. The van der Waals surface area contributed by atoms with Crippen molar-refractivity contribution in [3.63, 3.8) is 0 Å². The fourth-order valence-electron chi connectivity index (χ4n) is 1.84. The Balaban J connectivity index is 2.28. The molecule has 0 amide bonds. The van der Waals surface area contributed by atoms with Crippen LogP contribution in [0.3, 0.4) is 0 Å². The van der Waals surface area contributed by atoms with E-state index >= 15 is 0 Å². The molecule has 94 valence electrons. The van der Waals surface area contributed by atoms with E-state index in [4.69, 9.17) is 9.26 Å². The fourth-order valence-corrected chi connectivity index (χ4v) is 1.84. The van der Waals surface area contributed by atoms with Crippen LogP contribution in [-0.2, 0) is 5.79 Å². The van der Waals surface area contributed by atoms with Crippen molar-refractivity contribution in [3.05, 3.63) is 36.0 Å². The van der Waals surface area contributed by atoms with E-state index in [-0.39, 0.29) is 11.5 Å². The summed E-state index contributed by atoms with van der Waals surface area (Å²) in [6.45, 7) is 0. The Hall–Kier alpha value is -2.02. The van der Waals surface area contributed by atoms with E-state index in [1.807, 2.05) is 0 Å². The summed E-state index contributed by atoms with van der Waals surface area (Å²) in [5.41, 5.74) is -0.229. The molecule has 1 atom stereocenters. The normalized spacial score (nSPS) is 22.0. The summed E-state index contributed by atoms with van der Waals surface area (Å²) in [4.78, 5) is 0. The molecule has 7 heteroatoms. The Kier molecular flexibility index (Phi) is 2.01. The van der Waals surface area contributed by atoms with Gasteiger partial charge in [-0.2, -0.15) is 13.2 Å². The zero-order chi connectivity index (χ0) is 13.0. The number of halogens is 3. The zero-order valence-electron chi connectivity index (χ0n) is 8.73. The minimum Gasteiger partial charge on any atom is -0.449 e. The molecule has 1 aliphatic heterocycles. The quantitative estimate of drug-likeness (QED) is 0.787. The van der Waals surface area contributed by atoms with E-state index in [2.05, 4.69) is 5.16 Å². The number of nitrogens with zero attached hydrogens (tertiary/aromatic N) is 1. The number of hydrogen-bond donors (Lipinski definition) is 1. The maximum absolute atomic E-state index is 12.9. The van der Waals surface area contributed by atoms with E-state index in [0.29, 0.717) is 5.56 Å². The van der Waals surface area contributed by atoms with Gasteiger partial charge in [0, 0.05) is 0 Å². The number of aliphatic hydroxyl groups is 1. The Morgan fingerprint density at radius 3 is 2.67 bits per heavy atom. The predicted molar refractivity (Wildman–Crippen MR) is 52.5 cm³/mol. The van der Waals surface area contributed by atoms with Crippen LogP contribution in [-0.4, -0.2) is 16.4 Å². The Bertz CT molecular complexity index is 608. The third kappa shape index (κ3) is 1.28. The molecule has 1 unspecified atom stereocenters. The van der Waals surface area contributed by atoms with Crippen LogP contribution in [0.4, 0.5) is 13.2 Å². The molecular weight excluding hydrogens is 251 g/mol. The number of para-hydroxylation sites is 1. The van der Waals surface area contributed by atoms with Crippen LogP contribution in [0.5, 0.6) is 5.75 Å². The summed E-state index contributed by atoms with van der Waals surface area (Å²) in [7, 11) is 0. The lowest BCUT2D eigenvalue weighted by atomic mass is 9.98. The van der Waals surface area contributed by atoms with Gasteiger partial charge in [-0.15, -0.1) is 0 Å². The summed E-state index contributed by atoms with van der Waals surface area (Å²) in [5, 5.41) is 13.0. The zero-order valence-corrected chi connectivity index (χ0v) is 8.73. The Morgan fingerprint density at radius 1 is 1.22 bits per heavy atom. The van der Waals surface area contributed by atoms with Crippen LogP contribution < -0.4 is 4.74 Å². The number of fused-ring (bicyclic) bond motifs is 3. The van der Waals surface area contributed by atoms with Crippen LogP contribution in [0.15, 0.2) is 35.0 Å². The second kappa shape index (κ2) is 3.26. The summed E-state index contributed by atoms with van der Waals surface area (Å²) in [5.74, 6) is -3.69. The molecule has 18 heavy (non-hydrogen) atoms. The second-order valence-corrected chi connectivity index (χ2v) is 3.81. The molecule has 1 N–H and O–H groups in total. The molecule has 0 fully saturated rings. The van der Waals surface area contributed by atoms with Gasteiger partial charge >= 0.3 is 12.0 Å². The van der Waals surface area contributed by atoms with Crippen molar-refractivity contribution in [2.45, 2.75) is 12.0 Å². The van der Waals surface area contributed by atoms with Crippen LogP contribution in [0.2, 0.25) is 0 Å². The summed E-state index contributed by atoms with van der Waals surface area (Å²) in [6, 6.07) is 5.95. The average Bonchev–Trinajstić information content (AvgIpc) is 2.77. The minimum atomic E-state index is -5.00. The maximum Gasteiger partial charge on any atom is 0.460 e. The molecule has 1 aliphatic rings. The van der Waals surface area contributed by atoms with Gasteiger partial charge in [-0.25, -0.2) is 0 Å². The van der Waals surface area contributed by atoms with E-state index in [9.17, 15) is 18.3 Å². The number of benzene rings is 1. The van der Waals surface area contributed by atoms with Gasteiger partial charge in [0.05, 0.1) is 11.8 Å². The number of hydrogen-bond acceptors (Lipinski definition) is 4. The molecule has 3 rings (SSSR count). The van der Waals surface area contributed by atoms with Gasteiger partial charge in [0.25, 0.3) is 0 Å². The highest BCUT2D eigenvalue weighted by Gasteiger charge is 2.62. The van der Waals surface area contributed by atoms with E-state index in [1.54, 1.807) is 6.07 Å². The second-order valence-electron chi connectivity index (χ2n) is 3.81. The molecule has 1 aromatic carbocycles. The highest BCUT2D eigenvalue weighted by molar-refractivity contribution is 5.71. The largest absolute Gasteiger partial charge is 0.460 e. The molecule has 2 aromatic rings. The number of alkyl halides is 3. The van der Waals surface area contributed by atoms with E-state index in [0.717, 1.165) is 6.20 Å².